The van der Waals surface area contributed by atoms with Crippen LogP contribution in [0.5, 0.6) is 0 Å². The summed E-state index contributed by atoms with van der Waals surface area (Å²) in [6.07, 6.45) is 0.333. The molecule has 0 unspecified atom stereocenters. The molecule has 0 aromatic carbocycles. The molecule has 4 nitrogen and oxygen atoms in total. The zero-order chi connectivity index (χ0) is 6.57. The van der Waals surface area contributed by atoms with Gasteiger partial charge in [-0.05, 0) is 12.8 Å². The molecule has 1 fully saturated rings. The highest BCUT2D eigenvalue weighted by molar-refractivity contribution is 5.53. The monoisotopic (exact) mass is 120 g/mol. The van der Waals surface area contributed by atoms with Crippen molar-refractivity contribution in [2.24, 2.45) is 0 Å². The lowest BCUT2D eigenvalue weighted by atomic mass is 10.9. The molecule has 1 saturated carbocycles. The van der Waals surface area contributed by atoms with Gasteiger partial charge in [-0.15, -0.1) is 0 Å². The van der Waals surface area contributed by atoms with Gasteiger partial charge in [0.15, 0.2) is 0 Å². The van der Waals surface area contributed by atoms with Gasteiger partial charge in [0.05, 0.1) is 6.10 Å². The fourth-order valence-electron chi connectivity index (χ4n) is 0.0745. The summed E-state index contributed by atoms with van der Waals surface area (Å²) in [6.45, 7) is 0. The Kier molecular flexibility index (Phi) is 2.95. The predicted octanol–water partition coefficient (Wildman–Crippen LogP) is 0.363. The molecule has 0 amide bonds. The van der Waals surface area contributed by atoms with E-state index in [4.69, 9.17) is 20.1 Å². The zero-order valence-corrected chi connectivity index (χ0v) is 4.24. The van der Waals surface area contributed by atoms with Gasteiger partial charge in [-0.25, -0.2) is 4.79 Å². The second-order valence-corrected chi connectivity index (χ2v) is 1.51. The summed E-state index contributed by atoms with van der Waals surface area (Å²) < 4.78 is 0. The Bertz CT molecular complexity index is 72.1. The average Bonchev–Trinajstić information content (AvgIpc) is 2.19. The van der Waals surface area contributed by atoms with Gasteiger partial charge in [-0.2, -0.15) is 0 Å². The first-order valence-corrected chi connectivity index (χ1v) is 2.23. The lowest BCUT2D eigenvalue weighted by molar-refractivity contribution is 0.137. The van der Waals surface area contributed by atoms with Crippen LogP contribution in [-0.2, 0) is 0 Å². The van der Waals surface area contributed by atoms with Crippen LogP contribution in [0.15, 0.2) is 0 Å². The molecule has 1 rings (SSSR count). The van der Waals surface area contributed by atoms with Gasteiger partial charge in [0, 0.05) is 0 Å². The van der Waals surface area contributed by atoms with Crippen molar-refractivity contribution in [3.8, 4) is 0 Å². The summed E-state index contributed by atoms with van der Waals surface area (Å²) in [6, 6.07) is 0. The predicted molar refractivity (Wildman–Crippen MR) is 25.9 cm³/mol. The first-order chi connectivity index (χ1) is 3.63. The van der Waals surface area contributed by atoms with Gasteiger partial charge >= 0.3 is 6.16 Å². The van der Waals surface area contributed by atoms with Crippen LogP contribution >= 0.6 is 0 Å². The van der Waals surface area contributed by atoms with E-state index in [-0.39, 0.29) is 6.10 Å². The molecule has 0 radical (unpaired) electrons. The molecule has 8 heavy (non-hydrogen) atoms. The Balaban J connectivity index is 0.000000122. The SMILES string of the molecule is O=C(O)O.OC1CC1. The van der Waals surface area contributed by atoms with E-state index in [1.807, 2.05) is 0 Å². The van der Waals surface area contributed by atoms with E-state index in [0.29, 0.717) is 0 Å². The van der Waals surface area contributed by atoms with Gasteiger partial charge in [0.2, 0.25) is 0 Å². The van der Waals surface area contributed by atoms with E-state index in [2.05, 4.69) is 0 Å². The van der Waals surface area contributed by atoms with E-state index in [1.54, 1.807) is 0 Å². The highest BCUT2D eigenvalue weighted by Crippen LogP contribution is 2.16. The maximum Gasteiger partial charge on any atom is 0.503 e. The summed E-state index contributed by atoms with van der Waals surface area (Å²) in [5, 5.41) is 22.1. The Labute approximate surface area is 46.4 Å². The van der Waals surface area contributed by atoms with Crippen molar-refractivity contribution in [3.05, 3.63) is 0 Å². The Hall–Kier alpha value is -0.770. The summed E-state index contributed by atoms with van der Waals surface area (Å²) in [4.78, 5) is 8.56. The Morgan fingerprint density at radius 1 is 1.38 bits per heavy atom. The molecule has 1 aliphatic carbocycles. The van der Waals surface area contributed by atoms with Gasteiger partial charge in [0.25, 0.3) is 0 Å². The van der Waals surface area contributed by atoms with Crippen molar-refractivity contribution in [1.29, 1.82) is 0 Å². The van der Waals surface area contributed by atoms with Gasteiger partial charge in [-0.1, -0.05) is 0 Å². The number of hydrogen-bond donors (Lipinski definition) is 3. The van der Waals surface area contributed by atoms with Crippen LogP contribution in [0.25, 0.3) is 0 Å². The number of carboxylic acid groups (broad SMARTS) is 2. The van der Waals surface area contributed by atoms with Crippen molar-refractivity contribution in [3.63, 3.8) is 0 Å². The largest absolute Gasteiger partial charge is 0.503 e. The fraction of sp³-hybridized carbons (Fsp3) is 0.750. The average molecular weight is 120 g/mol. The van der Waals surface area contributed by atoms with E-state index in [0.717, 1.165) is 12.8 Å². The maximum atomic E-state index is 8.56. The van der Waals surface area contributed by atoms with Crippen LogP contribution in [0.3, 0.4) is 0 Å². The van der Waals surface area contributed by atoms with Crippen LogP contribution in [0, 0.1) is 0 Å². The number of aliphatic hydroxyl groups excluding tert-OH is 1. The number of hydrogen-bond acceptors (Lipinski definition) is 2. The first kappa shape index (κ1) is 7.23. The van der Waals surface area contributed by atoms with Crippen molar-refractivity contribution in [1.82, 2.24) is 0 Å². The van der Waals surface area contributed by atoms with Crippen LogP contribution in [0.2, 0.25) is 0 Å². The second kappa shape index (κ2) is 3.26. The molecule has 0 aromatic rings. The zero-order valence-electron chi connectivity index (χ0n) is 4.24. The van der Waals surface area contributed by atoms with E-state index in [1.165, 1.54) is 0 Å². The molecular weight excluding hydrogens is 112 g/mol. The minimum absolute atomic E-state index is 0.0833. The summed E-state index contributed by atoms with van der Waals surface area (Å²) in [5.74, 6) is 0. The molecule has 0 aliphatic heterocycles. The first-order valence-electron chi connectivity index (χ1n) is 2.23. The van der Waals surface area contributed by atoms with Crippen LogP contribution in [0.4, 0.5) is 4.79 Å². The highest BCUT2D eigenvalue weighted by atomic mass is 16.6. The van der Waals surface area contributed by atoms with Gasteiger partial charge < -0.3 is 15.3 Å². The quantitative estimate of drug-likeness (QED) is 0.431. The summed E-state index contributed by atoms with van der Waals surface area (Å²) >= 11 is 0. The molecule has 4 heteroatoms. The van der Waals surface area contributed by atoms with E-state index >= 15 is 0 Å². The number of rotatable bonds is 0. The summed E-state index contributed by atoms with van der Waals surface area (Å²) in [7, 11) is 0. The fourth-order valence-corrected chi connectivity index (χ4v) is 0.0745. The Morgan fingerprint density at radius 3 is 1.50 bits per heavy atom. The van der Waals surface area contributed by atoms with Crippen molar-refractivity contribution in [2.45, 2.75) is 18.9 Å². The topological polar surface area (TPSA) is 77.8 Å². The molecule has 1 aliphatic rings. The lowest BCUT2D eigenvalue weighted by Crippen LogP contribution is -1.81. The maximum absolute atomic E-state index is 8.56. The third-order valence-corrected chi connectivity index (χ3v) is 0.547. The van der Waals surface area contributed by atoms with Crippen molar-refractivity contribution >= 4 is 6.16 Å². The van der Waals surface area contributed by atoms with E-state index in [9.17, 15) is 0 Å². The molecule has 0 heterocycles. The molecule has 0 atom stereocenters. The van der Waals surface area contributed by atoms with E-state index < -0.39 is 6.16 Å². The molecule has 0 aromatic heterocycles. The summed E-state index contributed by atoms with van der Waals surface area (Å²) in [5.41, 5.74) is 0. The van der Waals surface area contributed by atoms with Crippen molar-refractivity contribution < 1.29 is 20.1 Å². The lowest BCUT2D eigenvalue weighted by Gasteiger charge is -1.60. The van der Waals surface area contributed by atoms with Gasteiger partial charge in [-0.3, -0.25) is 0 Å². The van der Waals surface area contributed by atoms with Crippen LogP contribution < -0.4 is 0 Å². The molecular formula is C4H8O4. The van der Waals surface area contributed by atoms with Crippen LogP contribution in [0.1, 0.15) is 12.8 Å². The minimum atomic E-state index is -1.83. The molecule has 0 saturated heterocycles. The highest BCUT2D eigenvalue weighted by Gasteiger charge is 2.15. The standard InChI is InChI=1S/C3H6O.CH2O3/c4-3-1-2-3;2-1(3)4/h3-4H,1-2H2;(H2,2,3,4). The molecule has 0 spiro atoms. The smallest absolute Gasteiger partial charge is 0.450 e. The second-order valence-electron chi connectivity index (χ2n) is 1.51. The minimum Gasteiger partial charge on any atom is -0.450 e. The van der Waals surface area contributed by atoms with Crippen LogP contribution in [-0.4, -0.2) is 27.6 Å². The molecule has 0 bridgehead atoms. The Morgan fingerprint density at radius 2 is 1.50 bits per heavy atom. The third-order valence-electron chi connectivity index (χ3n) is 0.547. The normalized spacial score (nSPS) is 16.1. The van der Waals surface area contributed by atoms with Gasteiger partial charge in [0.1, 0.15) is 0 Å². The molecule has 48 valence electrons. The number of aliphatic hydroxyl groups is 1. The van der Waals surface area contributed by atoms with Crippen molar-refractivity contribution in [2.75, 3.05) is 0 Å². The number of carbonyl (C=O) groups is 1. The third kappa shape index (κ3) is 18.8. The molecule has 3 N–H and O–H groups in total.